The Kier molecular flexibility index (Phi) is 4.26. The molecule has 0 spiro atoms. The molecule has 3 rings (SSSR count). The fourth-order valence-corrected chi connectivity index (χ4v) is 3.90. The Morgan fingerprint density at radius 1 is 1.10 bits per heavy atom. The van der Waals surface area contributed by atoms with Gasteiger partial charge >= 0.3 is 0 Å². The van der Waals surface area contributed by atoms with Crippen LogP contribution in [0.5, 0.6) is 5.75 Å². The number of aryl methyl sites for hydroxylation is 1. The molecule has 0 bridgehead atoms. The van der Waals surface area contributed by atoms with Crippen LogP contribution in [0.2, 0.25) is 0 Å². The number of phenols is 1. The molecule has 0 saturated heterocycles. The molecule has 116 valence electrons. The van der Waals surface area contributed by atoms with Crippen LogP contribution < -0.4 is 0 Å². The van der Waals surface area contributed by atoms with Crippen molar-refractivity contribution >= 4 is 0 Å². The van der Waals surface area contributed by atoms with E-state index in [9.17, 15) is 5.11 Å². The van der Waals surface area contributed by atoms with E-state index in [1.165, 1.54) is 49.7 Å². The molecule has 21 heavy (non-hydrogen) atoms. The van der Waals surface area contributed by atoms with E-state index < -0.39 is 0 Å². The van der Waals surface area contributed by atoms with Crippen LogP contribution in [0.4, 0.5) is 0 Å². The molecule has 2 heteroatoms. The molecule has 2 saturated carbocycles. The van der Waals surface area contributed by atoms with E-state index in [2.05, 4.69) is 31.7 Å². The Labute approximate surface area is 129 Å². The molecule has 1 aromatic rings. The quantitative estimate of drug-likeness (QED) is 0.846. The highest BCUT2D eigenvalue weighted by Crippen LogP contribution is 2.37. The van der Waals surface area contributed by atoms with Crippen molar-refractivity contribution in [3.8, 4) is 5.75 Å². The highest BCUT2D eigenvalue weighted by atomic mass is 16.3. The summed E-state index contributed by atoms with van der Waals surface area (Å²) in [6.07, 6.45) is 8.15. The second-order valence-corrected chi connectivity index (χ2v) is 7.33. The van der Waals surface area contributed by atoms with Crippen LogP contribution in [0.15, 0.2) is 12.1 Å². The largest absolute Gasteiger partial charge is 0.508 e. The summed E-state index contributed by atoms with van der Waals surface area (Å²) >= 11 is 0. The molecule has 2 fully saturated rings. The van der Waals surface area contributed by atoms with Crippen molar-refractivity contribution < 1.29 is 5.11 Å². The topological polar surface area (TPSA) is 23.5 Å². The zero-order valence-corrected chi connectivity index (χ0v) is 13.7. The van der Waals surface area contributed by atoms with Crippen LogP contribution in [-0.2, 0) is 6.54 Å². The molecule has 2 nitrogen and oxygen atoms in total. The lowest BCUT2D eigenvalue weighted by atomic mass is 9.94. The predicted octanol–water partition coefficient (Wildman–Crippen LogP) is 4.73. The fourth-order valence-electron chi connectivity index (χ4n) is 3.90. The fraction of sp³-hybridized carbons (Fsp3) is 0.684. The lowest BCUT2D eigenvalue weighted by Crippen LogP contribution is -2.34. The van der Waals surface area contributed by atoms with Gasteiger partial charge in [0, 0.05) is 24.2 Å². The molecule has 1 aromatic carbocycles. The average molecular weight is 287 g/mol. The van der Waals surface area contributed by atoms with Gasteiger partial charge in [-0.25, -0.2) is 0 Å². The van der Waals surface area contributed by atoms with Crippen molar-refractivity contribution in [1.29, 1.82) is 0 Å². The first kappa shape index (κ1) is 14.9. The Bertz CT molecular complexity index is 499. The van der Waals surface area contributed by atoms with Gasteiger partial charge in [-0.3, -0.25) is 4.90 Å². The highest BCUT2D eigenvalue weighted by molar-refractivity contribution is 5.42. The minimum atomic E-state index is 0.487. The standard InChI is InChI=1S/C19H29NO/c1-13(2)18-11-15(19(21)10-14(18)3)12-20(17-8-9-17)16-6-4-5-7-16/h10-11,13,16-17,21H,4-9,12H2,1-3H3. The number of nitrogens with zero attached hydrogens (tertiary/aromatic N) is 1. The Morgan fingerprint density at radius 2 is 1.71 bits per heavy atom. The third-order valence-electron chi connectivity index (χ3n) is 5.25. The first-order chi connectivity index (χ1) is 10.1. The lowest BCUT2D eigenvalue weighted by molar-refractivity contribution is 0.177. The maximum atomic E-state index is 10.4. The minimum absolute atomic E-state index is 0.487. The maximum Gasteiger partial charge on any atom is 0.120 e. The van der Waals surface area contributed by atoms with Gasteiger partial charge in [-0.1, -0.05) is 32.8 Å². The second kappa shape index (κ2) is 6.00. The summed E-state index contributed by atoms with van der Waals surface area (Å²) in [6.45, 7) is 7.51. The van der Waals surface area contributed by atoms with Crippen LogP contribution in [0.3, 0.4) is 0 Å². The molecule has 0 heterocycles. The van der Waals surface area contributed by atoms with Gasteiger partial charge < -0.3 is 5.11 Å². The number of aromatic hydroxyl groups is 1. The first-order valence-corrected chi connectivity index (χ1v) is 8.64. The molecule has 0 atom stereocenters. The summed E-state index contributed by atoms with van der Waals surface area (Å²) in [7, 11) is 0. The first-order valence-electron chi connectivity index (χ1n) is 8.64. The van der Waals surface area contributed by atoms with Crippen LogP contribution in [-0.4, -0.2) is 22.1 Å². The molecule has 0 amide bonds. The Hall–Kier alpha value is -1.02. The summed E-state index contributed by atoms with van der Waals surface area (Å²) in [4.78, 5) is 2.68. The van der Waals surface area contributed by atoms with Gasteiger partial charge in [0.05, 0.1) is 0 Å². The van der Waals surface area contributed by atoms with Gasteiger partial charge in [0.15, 0.2) is 0 Å². The monoisotopic (exact) mass is 287 g/mol. The van der Waals surface area contributed by atoms with Crippen molar-refractivity contribution in [2.75, 3.05) is 0 Å². The molecule has 0 radical (unpaired) electrons. The Morgan fingerprint density at radius 3 is 2.29 bits per heavy atom. The molecule has 0 unspecified atom stereocenters. The minimum Gasteiger partial charge on any atom is -0.508 e. The van der Waals surface area contributed by atoms with E-state index in [4.69, 9.17) is 0 Å². The SMILES string of the molecule is Cc1cc(O)c(CN(C2CCCC2)C2CC2)cc1C(C)C. The van der Waals surface area contributed by atoms with Gasteiger partial charge in [0.1, 0.15) is 5.75 Å². The average Bonchev–Trinajstić information content (AvgIpc) is 3.12. The molecular weight excluding hydrogens is 258 g/mol. The summed E-state index contributed by atoms with van der Waals surface area (Å²) < 4.78 is 0. The predicted molar refractivity (Wildman–Crippen MR) is 87.8 cm³/mol. The van der Waals surface area contributed by atoms with Gasteiger partial charge in [0.25, 0.3) is 0 Å². The van der Waals surface area contributed by atoms with Crippen molar-refractivity contribution in [2.45, 2.75) is 83.8 Å². The molecular formula is C19H29NO. The normalized spacial score (nSPS) is 19.9. The van der Waals surface area contributed by atoms with Crippen molar-refractivity contribution in [1.82, 2.24) is 4.90 Å². The van der Waals surface area contributed by atoms with Gasteiger partial charge in [-0.2, -0.15) is 0 Å². The van der Waals surface area contributed by atoms with Gasteiger partial charge in [-0.15, -0.1) is 0 Å². The van der Waals surface area contributed by atoms with E-state index >= 15 is 0 Å². The van der Waals surface area contributed by atoms with E-state index in [0.29, 0.717) is 11.7 Å². The van der Waals surface area contributed by atoms with Crippen LogP contribution in [0.25, 0.3) is 0 Å². The number of phenolic OH excluding ortho intramolecular Hbond substituents is 1. The van der Waals surface area contributed by atoms with Crippen LogP contribution in [0, 0.1) is 6.92 Å². The number of rotatable bonds is 5. The summed E-state index contributed by atoms with van der Waals surface area (Å²) in [6, 6.07) is 5.74. The Balaban J connectivity index is 1.83. The smallest absolute Gasteiger partial charge is 0.120 e. The van der Waals surface area contributed by atoms with Crippen LogP contribution in [0.1, 0.15) is 75.0 Å². The molecule has 0 aromatic heterocycles. The molecule has 0 aliphatic heterocycles. The van der Waals surface area contributed by atoms with Crippen LogP contribution >= 0.6 is 0 Å². The maximum absolute atomic E-state index is 10.4. The lowest BCUT2D eigenvalue weighted by Gasteiger charge is -2.29. The molecule has 1 N–H and O–H groups in total. The van der Waals surface area contributed by atoms with Gasteiger partial charge in [-0.05, 0) is 55.7 Å². The third kappa shape index (κ3) is 3.26. The summed E-state index contributed by atoms with van der Waals surface area (Å²) in [5, 5.41) is 10.4. The summed E-state index contributed by atoms with van der Waals surface area (Å²) in [5.41, 5.74) is 3.72. The highest BCUT2D eigenvalue weighted by Gasteiger charge is 2.35. The second-order valence-electron chi connectivity index (χ2n) is 7.33. The van der Waals surface area contributed by atoms with E-state index in [1.807, 2.05) is 6.07 Å². The van der Waals surface area contributed by atoms with E-state index in [1.54, 1.807) is 0 Å². The van der Waals surface area contributed by atoms with Crippen molar-refractivity contribution in [3.05, 3.63) is 28.8 Å². The summed E-state index contributed by atoms with van der Waals surface area (Å²) in [5.74, 6) is 1.01. The zero-order valence-electron chi connectivity index (χ0n) is 13.7. The third-order valence-corrected chi connectivity index (χ3v) is 5.25. The van der Waals surface area contributed by atoms with Gasteiger partial charge in [0.2, 0.25) is 0 Å². The number of hydrogen-bond donors (Lipinski definition) is 1. The van der Waals surface area contributed by atoms with E-state index in [-0.39, 0.29) is 0 Å². The molecule has 2 aliphatic carbocycles. The zero-order chi connectivity index (χ0) is 15.0. The number of hydrogen-bond acceptors (Lipinski definition) is 2. The molecule has 2 aliphatic rings. The number of benzene rings is 1. The van der Waals surface area contributed by atoms with E-state index in [0.717, 1.165) is 24.2 Å². The van der Waals surface area contributed by atoms with Crippen molar-refractivity contribution in [2.24, 2.45) is 0 Å². The van der Waals surface area contributed by atoms with Crippen molar-refractivity contribution in [3.63, 3.8) is 0 Å².